The topological polar surface area (TPSA) is 55.8 Å². The number of hydrogen-bond acceptors (Lipinski definition) is 4. The van der Waals surface area contributed by atoms with Crippen molar-refractivity contribution in [1.82, 2.24) is 4.90 Å². The number of amides is 2. The molecule has 1 saturated heterocycles. The summed E-state index contributed by atoms with van der Waals surface area (Å²) in [6.07, 6.45) is -0.543. The lowest BCUT2D eigenvalue weighted by Gasteiger charge is -2.25. The third-order valence-electron chi connectivity index (χ3n) is 3.81. The molecule has 120 valence electrons. The Hall–Kier alpha value is -1.88. The number of benzene rings is 1. The van der Waals surface area contributed by atoms with Gasteiger partial charge in [0, 0.05) is 0 Å². The molecule has 2 atom stereocenters. The van der Waals surface area contributed by atoms with Crippen LogP contribution >= 0.6 is 0 Å². The number of cyclic esters (lactones) is 1. The van der Waals surface area contributed by atoms with Crippen molar-refractivity contribution in [3.8, 4) is 0 Å². The zero-order chi connectivity index (χ0) is 16.1. The van der Waals surface area contributed by atoms with E-state index in [0.717, 1.165) is 5.56 Å². The molecule has 0 aromatic heterocycles. The highest BCUT2D eigenvalue weighted by molar-refractivity contribution is 5.94. The van der Waals surface area contributed by atoms with Crippen molar-refractivity contribution < 1.29 is 19.1 Å². The minimum absolute atomic E-state index is 0.174. The molecular weight excluding hydrogens is 282 g/mol. The van der Waals surface area contributed by atoms with Crippen LogP contribution < -0.4 is 0 Å². The Morgan fingerprint density at radius 1 is 1.32 bits per heavy atom. The Bertz CT molecular complexity index is 515. The number of imide groups is 1. The molecule has 0 spiro atoms. The second-order valence-electron chi connectivity index (χ2n) is 6.00. The van der Waals surface area contributed by atoms with Gasteiger partial charge >= 0.3 is 6.09 Å². The van der Waals surface area contributed by atoms with Crippen LogP contribution in [-0.2, 0) is 20.9 Å². The maximum Gasteiger partial charge on any atom is 0.416 e. The Kier molecular flexibility index (Phi) is 5.55. The van der Waals surface area contributed by atoms with Gasteiger partial charge in [0.15, 0.2) is 0 Å². The van der Waals surface area contributed by atoms with E-state index in [1.807, 2.05) is 44.2 Å². The highest BCUT2D eigenvalue weighted by Gasteiger charge is 2.41. The molecule has 2 rings (SSSR count). The number of rotatable bonds is 6. The van der Waals surface area contributed by atoms with Gasteiger partial charge in [-0.15, -0.1) is 0 Å². The second-order valence-corrected chi connectivity index (χ2v) is 6.00. The number of nitrogens with zero attached hydrogens (tertiary/aromatic N) is 1. The monoisotopic (exact) mass is 305 g/mol. The molecule has 5 nitrogen and oxygen atoms in total. The molecule has 1 fully saturated rings. The van der Waals surface area contributed by atoms with E-state index in [4.69, 9.17) is 9.47 Å². The van der Waals surface area contributed by atoms with Crippen LogP contribution in [0.5, 0.6) is 0 Å². The molecule has 0 aliphatic carbocycles. The first-order valence-corrected chi connectivity index (χ1v) is 7.62. The maximum absolute atomic E-state index is 12.5. The van der Waals surface area contributed by atoms with E-state index in [1.165, 1.54) is 4.90 Å². The predicted octanol–water partition coefficient (Wildman–Crippen LogP) is 2.84. The number of ether oxygens (including phenoxy) is 2. The molecule has 0 saturated carbocycles. The molecule has 22 heavy (non-hydrogen) atoms. The molecule has 1 heterocycles. The van der Waals surface area contributed by atoms with Gasteiger partial charge in [0.1, 0.15) is 6.61 Å². The summed E-state index contributed by atoms with van der Waals surface area (Å²) in [5, 5.41) is 0. The summed E-state index contributed by atoms with van der Waals surface area (Å²) in [5.74, 6) is -0.433. The maximum atomic E-state index is 12.5. The molecule has 5 heteroatoms. The lowest BCUT2D eigenvalue weighted by Crippen LogP contribution is -2.45. The van der Waals surface area contributed by atoms with Gasteiger partial charge in [-0.3, -0.25) is 4.79 Å². The lowest BCUT2D eigenvalue weighted by molar-refractivity contribution is -0.135. The van der Waals surface area contributed by atoms with E-state index in [-0.39, 0.29) is 37.0 Å². The van der Waals surface area contributed by atoms with Crippen LogP contribution in [0.3, 0.4) is 0 Å². The average molecular weight is 305 g/mol. The third kappa shape index (κ3) is 3.85. The fraction of sp³-hybridized carbons (Fsp3) is 0.529. The van der Waals surface area contributed by atoms with Gasteiger partial charge in [-0.25, -0.2) is 9.69 Å². The zero-order valence-electron chi connectivity index (χ0n) is 13.3. The van der Waals surface area contributed by atoms with Crippen molar-refractivity contribution in [2.24, 2.45) is 11.8 Å². The van der Waals surface area contributed by atoms with Gasteiger partial charge in [0.2, 0.25) is 5.91 Å². The standard InChI is InChI=1S/C17H23NO4/c1-12(2)15-11-22-17(20)18(15)16(19)13(3)9-21-10-14-7-5-4-6-8-14/h4-8,12-13,15H,9-11H2,1-3H3/t13-,15+/m0/s1. The van der Waals surface area contributed by atoms with Crippen LogP contribution in [0, 0.1) is 11.8 Å². The minimum atomic E-state index is -0.543. The van der Waals surface area contributed by atoms with Gasteiger partial charge in [0.25, 0.3) is 0 Å². The fourth-order valence-corrected chi connectivity index (χ4v) is 2.42. The van der Waals surface area contributed by atoms with E-state index >= 15 is 0 Å². The van der Waals surface area contributed by atoms with Crippen LogP contribution in [0.2, 0.25) is 0 Å². The van der Waals surface area contributed by atoms with Gasteiger partial charge in [-0.1, -0.05) is 51.1 Å². The molecule has 0 bridgehead atoms. The minimum Gasteiger partial charge on any atom is -0.447 e. The van der Waals surface area contributed by atoms with Crippen LogP contribution in [0.15, 0.2) is 30.3 Å². The van der Waals surface area contributed by atoms with E-state index in [0.29, 0.717) is 6.61 Å². The summed E-state index contributed by atoms with van der Waals surface area (Å²) in [7, 11) is 0. The average Bonchev–Trinajstić information content (AvgIpc) is 2.89. The lowest BCUT2D eigenvalue weighted by atomic mass is 10.0. The van der Waals surface area contributed by atoms with Crippen molar-refractivity contribution >= 4 is 12.0 Å². The summed E-state index contributed by atoms with van der Waals surface area (Å²) in [6.45, 7) is 6.74. The van der Waals surface area contributed by atoms with Crippen molar-refractivity contribution in [1.29, 1.82) is 0 Å². The van der Waals surface area contributed by atoms with Crippen molar-refractivity contribution in [2.45, 2.75) is 33.4 Å². The molecule has 1 aliphatic rings. The van der Waals surface area contributed by atoms with Crippen molar-refractivity contribution in [2.75, 3.05) is 13.2 Å². The largest absolute Gasteiger partial charge is 0.447 e. The van der Waals surface area contributed by atoms with Crippen molar-refractivity contribution in [3.05, 3.63) is 35.9 Å². The zero-order valence-corrected chi connectivity index (χ0v) is 13.3. The van der Waals surface area contributed by atoms with Gasteiger partial charge in [-0.2, -0.15) is 0 Å². The number of hydrogen-bond donors (Lipinski definition) is 0. The van der Waals surface area contributed by atoms with Crippen LogP contribution in [0.4, 0.5) is 4.79 Å². The summed E-state index contributed by atoms with van der Waals surface area (Å²) in [5.41, 5.74) is 1.06. The molecule has 0 N–H and O–H groups in total. The van der Waals surface area contributed by atoms with Crippen LogP contribution in [0.25, 0.3) is 0 Å². The molecule has 0 unspecified atom stereocenters. The first-order valence-electron chi connectivity index (χ1n) is 7.62. The summed E-state index contributed by atoms with van der Waals surface area (Å²) in [4.78, 5) is 25.5. The summed E-state index contributed by atoms with van der Waals surface area (Å²) in [6, 6.07) is 9.59. The van der Waals surface area contributed by atoms with E-state index < -0.39 is 6.09 Å². The highest BCUT2D eigenvalue weighted by atomic mass is 16.6. The molecule has 1 aliphatic heterocycles. The molecule has 1 aromatic carbocycles. The summed E-state index contributed by atoms with van der Waals surface area (Å²) < 4.78 is 10.6. The Morgan fingerprint density at radius 2 is 2.00 bits per heavy atom. The molecular formula is C17H23NO4. The Morgan fingerprint density at radius 3 is 2.64 bits per heavy atom. The van der Waals surface area contributed by atoms with E-state index in [1.54, 1.807) is 6.92 Å². The number of carbonyl (C=O) groups excluding carboxylic acids is 2. The fourth-order valence-electron chi connectivity index (χ4n) is 2.42. The van der Waals surface area contributed by atoms with Crippen LogP contribution in [0.1, 0.15) is 26.3 Å². The highest BCUT2D eigenvalue weighted by Crippen LogP contribution is 2.22. The Labute approximate surface area is 131 Å². The quantitative estimate of drug-likeness (QED) is 0.811. The van der Waals surface area contributed by atoms with Gasteiger partial charge in [-0.05, 0) is 11.5 Å². The first kappa shape index (κ1) is 16.5. The third-order valence-corrected chi connectivity index (χ3v) is 3.81. The first-order chi connectivity index (χ1) is 10.5. The van der Waals surface area contributed by atoms with Gasteiger partial charge < -0.3 is 9.47 Å². The summed E-state index contributed by atoms with van der Waals surface area (Å²) >= 11 is 0. The van der Waals surface area contributed by atoms with E-state index in [2.05, 4.69) is 0 Å². The predicted molar refractivity (Wildman–Crippen MR) is 82.1 cm³/mol. The smallest absolute Gasteiger partial charge is 0.416 e. The second kappa shape index (κ2) is 7.40. The normalized spacial score (nSPS) is 19.4. The van der Waals surface area contributed by atoms with E-state index in [9.17, 15) is 9.59 Å². The molecule has 1 aromatic rings. The van der Waals surface area contributed by atoms with Crippen molar-refractivity contribution in [3.63, 3.8) is 0 Å². The molecule has 2 amide bonds. The van der Waals surface area contributed by atoms with Gasteiger partial charge in [0.05, 0.1) is 25.2 Å². The van der Waals surface area contributed by atoms with Crippen LogP contribution in [-0.4, -0.2) is 36.2 Å². The number of carbonyl (C=O) groups is 2. The molecule has 0 radical (unpaired) electrons. The Balaban J connectivity index is 1.87. The SMILES string of the molecule is CC(C)[C@H]1COC(=O)N1C(=O)[C@@H](C)COCc1ccccc1.